The molecule has 5 heterocycles. The number of nitrogens with zero attached hydrogens (tertiary/aromatic N) is 6. The van der Waals surface area contributed by atoms with Crippen molar-refractivity contribution in [3.8, 4) is 11.4 Å². The highest BCUT2D eigenvalue weighted by Crippen LogP contribution is 2.33. The standard InChI is InChI=1S/C24H23FN8O3/c1-3-27-23(35)18-8-17(34)24(36-18)33-12-29-19-21(28-11-16-6-4-5-13(2)30-16)31-20(32-22(19)33)14-7-15(25)10-26-9-14/h3-7,9-10,12,17-18,24,34H,1,8,11H2,2H3,(H,27,35)(H,28,31,32)/t17-,18+,24-/m1/s1. The van der Waals surface area contributed by atoms with E-state index in [1.165, 1.54) is 29.4 Å². The van der Waals surface area contributed by atoms with Crippen LogP contribution in [0.5, 0.6) is 0 Å². The third-order valence-corrected chi connectivity index (χ3v) is 5.67. The zero-order valence-electron chi connectivity index (χ0n) is 19.3. The number of ether oxygens (including phenoxy) is 1. The molecular weight excluding hydrogens is 467 g/mol. The average molecular weight is 490 g/mol. The van der Waals surface area contributed by atoms with Gasteiger partial charge in [0.25, 0.3) is 5.91 Å². The fourth-order valence-electron chi connectivity index (χ4n) is 4.03. The lowest BCUT2D eigenvalue weighted by Gasteiger charge is -2.17. The first-order valence-corrected chi connectivity index (χ1v) is 11.2. The molecule has 4 aromatic heterocycles. The number of nitrogens with one attached hydrogen (secondary N) is 2. The van der Waals surface area contributed by atoms with E-state index in [1.807, 2.05) is 25.1 Å². The van der Waals surface area contributed by atoms with Crippen LogP contribution in [-0.2, 0) is 16.1 Å². The number of carbonyl (C=O) groups excluding carboxylic acids is 1. The predicted molar refractivity (Wildman–Crippen MR) is 128 cm³/mol. The second-order valence-electron chi connectivity index (χ2n) is 8.27. The van der Waals surface area contributed by atoms with Gasteiger partial charge in [-0.05, 0) is 31.3 Å². The summed E-state index contributed by atoms with van der Waals surface area (Å²) in [6.07, 6.45) is 2.55. The van der Waals surface area contributed by atoms with Crippen molar-refractivity contribution in [3.05, 3.63) is 73.0 Å². The minimum atomic E-state index is -0.995. The first-order valence-electron chi connectivity index (χ1n) is 11.2. The number of carbonyl (C=O) groups is 1. The van der Waals surface area contributed by atoms with Gasteiger partial charge in [-0.3, -0.25) is 19.3 Å². The zero-order chi connectivity index (χ0) is 25.2. The summed E-state index contributed by atoms with van der Waals surface area (Å²) in [6.45, 7) is 5.73. The Bertz CT molecular complexity index is 1440. The van der Waals surface area contributed by atoms with Crippen LogP contribution < -0.4 is 10.6 Å². The number of anilines is 1. The van der Waals surface area contributed by atoms with Gasteiger partial charge in [0.1, 0.15) is 18.0 Å². The van der Waals surface area contributed by atoms with Crippen molar-refractivity contribution >= 4 is 22.9 Å². The normalized spacial score (nSPS) is 19.4. The fourth-order valence-corrected chi connectivity index (χ4v) is 4.03. The lowest BCUT2D eigenvalue weighted by atomic mass is 10.2. The van der Waals surface area contributed by atoms with Crippen molar-refractivity contribution in [2.45, 2.75) is 38.3 Å². The minimum Gasteiger partial charge on any atom is -0.388 e. The molecule has 0 radical (unpaired) electrons. The van der Waals surface area contributed by atoms with Crippen molar-refractivity contribution in [1.29, 1.82) is 0 Å². The molecule has 12 heteroatoms. The van der Waals surface area contributed by atoms with E-state index in [1.54, 1.807) is 0 Å². The van der Waals surface area contributed by atoms with Gasteiger partial charge >= 0.3 is 0 Å². The van der Waals surface area contributed by atoms with Gasteiger partial charge in [0.05, 0.1) is 24.8 Å². The molecule has 0 aromatic carbocycles. The number of fused-ring (bicyclic) bond motifs is 1. The van der Waals surface area contributed by atoms with Gasteiger partial charge in [0, 0.05) is 23.9 Å². The summed E-state index contributed by atoms with van der Waals surface area (Å²) in [7, 11) is 0. The number of imidazole rings is 1. The van der Waals surface area contributed by atoms with Gasteiger partial charge in [-0.15, -0.1) is 0 Å². The Labute approximate surface area is 205 Å². The Kier molecular flexibility index (Phi) is 6.36. The average Bonchev–Trinajstić information content (AvgIpc) is 3.46. The highest BCUT2D eigenvalue weighted by atomic mass is 19.1. The smallest absolute Gasteiger partial charge is 0.253 e. The molecule has 0 spiro atoms. The maximum Gasteiger partial charge on any atom is 0.253 e. The molecular formula is C24H23FN8O3. The van der Waals surface area contributed by atoms with Gasteiger partial charge in [0.15, 0.2) is 29.0 Å². The summed E-state index contributed by atoms with van der Waals surface area (Å²) >= 11 is 0. The Morgan fingerprint density at radius 1 is 1.33 bits per heavy atom. The van der Waals surface area contributed by atoms with Gasteiger partial charge in [-0.1, -0.05) is 12.6 Å². The molecule has 0 aliphatic carbocycles. The second kappa shape index (κ2) is 9.76. The fraction of sp³-hybridized carbons (Fsp3) is 0.250. The van der Waals surface area contributed by atoms with Crippen molar-refractivity contribution in [1.82, 2.24) is 34.8 Å². The highest BCUT2D eigenvalue weighted by molar-refractivity contribution is 5.85. The van der Waals surface area contributed by atoms with Crippen molar-refractivity contribution in [2.75, 3.05) is 5.32 Å². The largest absolute Gasteiger partial charge is 0.388 e. The molecule has 0 saturated carbocycles. The SMILES string of the molecule is C=CNC(=O)[C@@H]1C[C@@H](O)[C@H](n2cnc3c(NCc4cccc(C)n4)nc(-c4cncc(F)c4)nc32)O1. The number of pyridine rings is 2. The molecule has 1 aliphatic rings. The van der Waals surface area contributed by atoms with Crippen LogP contribution in [-0.4, -0.2) is 52.7 Å². The number of rotatable bonds is 7. The summed E-state index contributed by atoms with van der Waals surface area (Å²) in [4.78, 5) is 34.2. The van der Waals surface area contributed by atoms with Crippen molar-refractivity contribution < 1.29 is 19.0 Å². The number of hydrogen-bond donors (Lipinski definition) is 3. The Hall–Kier alpha value is -4.29. The van der Waals surface area contributed by atoms with Crippen LogP contribution in [0.25, 0.3) is 22.6 Å². The molecule has 36 heavy (non-hydrogen) atoms. The van der Waals surface area contributed by atoms with E-state index < -0.39 is 30.2 Å². The first-order chi connectivity index (χ1) is 17.4. The topological polar surface area (TPSA) is 140 Å². The summed E-state index contributed by atoms with van der Waals surface area (Å²) in [5, 5.41) is 16.4. The zero-order valence-corrected chi connectivity index (χ0v) is 19.3. The Balaban J connectivity index is 1.55. The summed E-state index contributed by atoms with van der Waals surface area (Å²) in [6, 6.07) is 6.97. The minimum absolute atomic E-state index is 0.0832. The van der Waals surface area contributed by atoms with Crippen LogP contribution in [0, 0.1) is 12.7 Å². The molecule has 1 aliphatic heterocycles. The van der Waals surface area contributed by atoms with Crippen LogP contribution in [0.2, 0.25) is 0 Å². The summed E-state index contributed by atoms with van der Waals surface area (Å²) < 4.78 is 21.3. The number of aryl methyl sites for hydroxylation is 1. The molecule has 0 unspecified atom stereocenters. The molecule has 3 N–H and O–H groups in total. The van der Waals surface area contributed by atoms with Gasteiger partial charge < -0.3 is 20.5 Å². The second-order valence-corrected chi connectivity index (χ2v) is 8.27. The predicted octanol–water partition coefficient (Wildman–Crippen LogP) is 2.25. The molecule has 184 valence electrons. The summed E-state index contributed by atoms with van der Waals surface area (Å²) in [5.41, 5.74) is 2.77. The number of aliphatic hydroxyl groups is 1. The number of aromatic nitrogens is 6. The molecule has 1 fully saturated rings. The molecule has 1 amide bonds. The van der Waals surface area contributed by atoms with Crippen molar-refractivity contribution in [2.24, 2.45) is 0 Å². The quantitative estimate of drug-likeness (QED) is 0.356. The third kappa shape index (κ3) is 4.63. The van der Waals surface area contributed by atoms with E-state index in [9.17, 15) is 14.3 Å². The van der Waals surface area contributed by atoms with Crippen LogP contribution in [0.1, 0.15) is 24.0 Å². The number of hydrogen-bond acceptors (Lipinski definition) is 9. The molecule has 1 saturated heterocycles. The Morgan fingerprint density at radius 3 is 2.97 bits per heavy atom. The monoisotopic (exact) mass is 490 g/mol. The van der Waals surface area contributed by atoms with Gasteiger partial charge in [-0.2, -0.15) is 0 Å². The van der Waals surface area contributed by atoms with Gasteiger partial charge in [0.2, 0.25) is 0 Å². The van der Waals surface area contributed by atoms with Crippen molar-refractivity contribution in [3.63, 3.8) is 0 Å². The van der Waals surface area contributed by atoms with E-state index in [-0.39, 0.29) is 12.2 Å². The number of aliphatic hydroxyl groups excluding tert-OH is 1. The van der Waals surface area contributed by atoms with E-state index in [0.717, 1.165) is 17.6 Å². The molecule has 5 rings (SSSR count). The molecule has 0 bridgehead atoms. The lowest BCUT2D eigenvalue weighted by molar-refractivity contribution is -0.133. The number of amides is 1. The maximum atomic E-state index is 13.9. The maximum absolute atomic E-state index is 13.9. The Morgan fingerprint density at radius 2 is 2.19 bits per heavy atom. The van der Waals surface area contributed by atoms with E-state index in [4.69, 9.17) is 4.74 Å². The van der Waals surface area contributed by atoms with Crippen LogP contribution in [0.3, 0.4) is 0 Å². The van der Waals surface area contributed by atoms with E-state index >= 15 is 0 Å². The van der Waals surface area contributed by atoms with Crippen LogP contribution in [0.4, 0.5) is 10.2 Å². The lowest BCUT2D eigenvalue weighted by Crippen LogP contribution is -2.30. The van der Waals surface area contributed by atoms with E-state index in [2.05, 4.69) is 42.1 Å². The number of halogens is 1. The molecule has 4 aromatic rings. The summed E-state index contributed by atoms with van der Waals surface area (Å²) in [5.74, 6) is -0.363. The van der Waals surface area contributed by atoms with Crippen LogP contribution in [0.15, 0.2) is 55.8 Å². The highest BCUT2D eigenvalue weighted by Gasteiger charge is 2.39. The van der Waals surface area contributed by atoms with Gasteiger partial charge in [-0.25, -0.2) is 19.3 Å². The first kappa shape index (κ1) is 23.5. The van der Waals surface area contributed by atoms with E-state index in [0.29, 0.717) is 29.1 Å². The molecule has 11 nitrogen and oxygen atoms in total. The third-order valence-electron chi connectivity index (χ3n) is 5.67. The van der Waals surface area contributed by atoms with Crippen LogP contribution >= 0.6 is 0 Å². The molecule has 3 atom stereocenters.